The fraction of sp³-hybridized carbons (Fsp3) is 0.545. The van der Waals surface area contributed by atoms with Crippen molar-refractivity contribution in [3.05, 3.63) is 53.9 Å². The van der Waals surface area contributed by atoms with Crippen LogP contribution >= 0.6 is 11.6 Å². The van der Waals surface area contributed by atoms with Crippen LogP contribution in [0.4, 0.5) is 9.18 Å². The molecule has 1 saturated heterocycles. The highest BCUT2D eigenvalue weighted by Gasteiger charge is 2.41. The monoisotopic (exact) mass is 424 g/mol. The number of aromatic nitrogens is 1. The molecule has 0 aromatic carbocycles. The number of alkyl halides is 1. The SMILES string of the molecule is C=CC(CO)C(C=C)c1cnc(C2(F)CCN(C(=O)OC(C)(C)C)CC2)c(Cl)c1. The van der Waals surface area contributed by atoms with Gasteiger partial charge < -0.3 is 14.7 Å². The minimum atomic E-state index is -1.72. The maximum atomic E-state index is 15.6. The molecule has 1 aromatic heterocycles. The van der Waals surface area contributed by atoms with E-state index in [0.29, 0.717) is 0 Å². The molecule has 2 heterocycles. The third-order valence-electron chi connectivity index (χ3n) is 5.11. The van der Waals surface area contributed by atoms with Crippen LogP contribution in [-0.2, 0) is 10.4 Å². The van der Waals surface area contributed by atoms with Crippen molar-refractivity contribution in [2.24, 2.45) is 5.92 Å². The second kappa shape index (κ2) is 9.26. The topological polar surface area (TPSA) is 62.7 Å². The zero-order chi connectivity index (χ0) is 21.8. The molecule has 0 bridgehead atoms. The number of piperidine rings is 1. The van der Waals surface area contributed by atoms with Crippen LogP contribution in [-0.4, -0.2) is 46.4 Å². The standard InChI is InChI=1S/C22H30ClFN2O3/c1-6-15(14-27)17(7-2)16-12-18(23)19(25-13-16)22(24)8-10-26(11-9-22)20(28)29-21(3,4)5/h6-7,12-13,15,17,27H,1-2,8-11,14H2,3-5H3. The van der Waals surface area contributed by atoms with E-state index in [0.717, 1.165) is 5.56 Å². The molecule has 2 atom stereocenters. The fourth-order valence-electron chi connectivity index (χ4n) is 3.46. The van der Waals surface area contributed by atoms with E-state index in [1.165, 1.54) is 4.90 Å². The molecule has 160 valence electrons. The maximum Gasteiger partial charge on any atom is 0.410 e. The van der Waals surface area contributed by atoms with Gasteiger partial charge in [0.05, 0.1) is 17.3 Å². The summed E-state index contributed by atoms with van der Waals surface area (Å²) in [6, 6.07) is 1.67. The molecule has 0 saturated carbocycles. The van der Waals surface area contributed by atoms with Gasteiger partial charge in [-0.3, -0.25) is 4.98 Å². The number of likely N-dealkylation sites (tertiary alicyclic amines) is 1. The summed E-state index contributed by atoms with van der Waals surface area (Å²) in [5, 5.41) is 9.75. The Kier molecular flexibility index (Phi) is 7.46. The number of pyridine rings is 1. The van der Waals surface area contributed by atoms with E-state index in [1.54, 1.807) is 45.2 Å². The van der Waals surface area contributed by atoms with E-state index < -0.39 is 17.4 Å². The lowest BCUT2D eigenvalue weighted by Gasteiger charge is -2.37. The van der Waals surface area contributed by atoms with Gasteiger partial charge in [0.1, 0.15) is 5.60 Å². The van der Waals surface area contributed by atoms with Crippen molar-refractivity contribution in [1.82, 2.24) is 9.88 Å². The molecular weight excluding hydrogens is 395 g/mol. The Balaban J connectivity index is 2.16. The molecule has 1 amide bonds. The predicted octanol–water partition coefficient (Wildman–Crippen LogP) is 4.99. The summed E-state index contributed by atoms with van der Waals surface area (Å²) in [6.07, 6.45) is 4.66. The molecule has 29 heavy (non-hydrogen) atoms. The molecule has 0 radical (unpaired) electrons. The number of nitrogens with zero attached hydrogens (tertiary/aromatic N) is 2. The van der Waals surface area contributed by atoms with Crippen LogP contribution in [0.15, 0.2) is 37.6 Å². The van der Waals surface area contributed by atoms with Crippen LogP contribution in [0.25, 0.3) is 0 Å². The second-order valence-corrected chi connectivity index (χ2v) is 8.78. The third-order valence-corrected chi connectivity index (χ3v) is 5.40. The van der Waals surface area contributed by atoms with Gasteiger partial charge in [0, 0.05) is 44.0 Å². The molecule has 0 aliphatic carbocycles. The highest BCUT2D eigenvalue weighted by atomic mass is 35.5. The van der Waals surface area contributed by atoms with Gasteiger partial charge in [-0.25, -0.2) is 9.18 Å². The molecule has 7 heteroatoms. The molecule has 2 rings (SSSR count). The Hall–Kier alpha value is -1.92. The highest BCUT2D eigenvalue weighted by molar-refractivity contribution is 6.31. The van der Waals surface area contributed by atoms with Crippen molar-refractivity contribution in [3.63, 3.8) is 0 Å². The normalized spacial score (nSPS) is 18.6. The number of hydrogen-bond donors (Lipinski definition) is 1. The van der Waals surface area contributed by atoms with Crippen LogP contribution in [0.2, 0.25) is 5.02 Å². The summed E-state index contributed by atoms with van der Waals surface area (Å²) in [5.41, 5.74) is -1.40. The highest BCUT2D eigenvalue weighted by Crippen LogP contribution is 2.40. The first-order valence-corrected chi connectivity index (χ1v) is 10.1. The number of allylic oxidation sites excluding steroid dienone is 1. The molecule has 2 unspecified atom stereocenters. The van der Waals surface area contributed by atoms with Gasteiger partial charge in [0.15, 0.2) is 5.67 Å². The van der Waals surface area contributed by atoms with Crippen molar-refractivity contribution in [2.45, 2.75) is 50.8 Å². The number of rotatable bonds is 6. The summed E-state index contributed by atoms with van der Waals surface area (Å²) < 4.78 is 21.0. The van der Waals surface area contributed by atoms with Gasteiger partial charge in [-0.1, -0.05) is 23.8 Å². The zero-order valence-electron chi connectivity index (χ0n) is 17.3. The van der Waals surface area contributed by atoms with Crippen LogP contribution in [0.3, 0.4) is 0 Å². The van der Waals surface area contributed by atoms with Crippen LogP contribution in [0, 0.1) is 5.92 Å². The first-order chi connectivity index (χ1) is 13.5. The van der Waals surface area contributed by atoms with Crippen molar-refractivity contribution in [1.29, 1.82) is 0 Å². The first kappa shape index (κ1) is 23.4. The quantitative estimate of drug-likeness (QED) is 0.653. The Morgan fingerprint density at radius 1 is 1.41 bits per heavy atom. The maximum absolute atomic E-state index is 15.6. The lowest BCUT2D eigenvalue weighted by molar-refractivity contribution is 0.00128. The average Bonchev–Trinajstić information content (AvgIpc) is 2.64. The Bertz CT molecular complexity index is 755. The van der Waals surface area contributed by atoms with Crippen molar-refractivity contribution in [2.75, 3.05) is 19.7 Å². The second-order valence-electron chi connectivity index (χ2n) is 8.38. The number of amides is 1. The summed E-state index contributed by atoms with van der Waals surface area (Å²) in [7, 11) is 0. The van der Waals surface area contributed by atoms with Gasteiger partial charge >= 0.3 is 6.09 Å². The van der Waals surface area contributed by atoms with E-state index in [1.807, 2.05) is 0 Å². The average molecular weight is 425 g/mol. The summed E-state index contributed by atoms with van der Waals surface area (Å²) in [6.45, 7) is 13.3. The van der Waals surface area contributed by atoms with E-state index in [4.69, 9.17) is 16.3 Å². The van der Waals surface area contributed by atoms with Gasteiger partial charge in [0.2, 0.25) is 0 Å². The molecule has 0 spiro atoms. The fourth-order valence-corrected chi connectivity index (χ4v) is 3.81. The van der Waals surface area contributed by atoms with Gasteiger partial charge in [-0.2, -0.15) is 0 Å². The molecule has 1 N–H and O–H groups in total. The van der Waals surface area contributed by atoms with E-state index in [2.05, 4.69) is 18.1 Å². The summed E-state index contributed by atoms with van der Waals surface area (Å²) in [5.74, 6) is -0.450. The minimum Gasteiger partial charge on any atom is -0.444 e. The number of aliphatic hydroxyl groups is 1. The van der Waals surface area contributed by atoms with E-state index in [9.17, 15) is 9.90 Å². The van der Waals surface area contributed by atoms with E-state index >= 15 is 4.39 Å². The Morgan fingerprint density at radius 3 is 2.48 bits per heavy atom. The van der Waals surface area contributed by atoms with Crippen LogP contribution in [0.1, 0.15) is 50.8 Å². The van der Waals surface area contributed by atoms with Crippen molar-refractivity contribution >= 4 is 17.7 Å². The summed E-state index contributed by atoms with van der Waals surface area (Å²) in [4.78, 5) is 18.0. The van der Waals surface area contributed by atoms with Gasteiger partial charge in [-0.05, 0) is 32.4 Å². The lowest BCUT2D eigenvalue weighted by Crippen LogP contribution is -2.45. The number of ether oxygens (including phenoxy) is 1. The number of carbonyl (C=O) groups is 1. The Labute approximate surface area is 177 Å². The third kappa shape index (κ3) is 5.58. The lowest BCUT2D eigenvalue weighted by atomic mass is 9.85. The molecule has 1 aromatic rings. The molecule has 1 aliphatic heterocycles. The molecular formula is C22H30ClFN2O3. The van der Waals surface area contributed by atoms with Crippen molar-refractivity contribution in [3.8, 4) is 0 Å². The number of carbonyl (C=O) groups excluding carboxylic acids is 1. The largest absolute Gasteiger partial charge is 0.444 e. The predicted molar refractivity (Wildman–Crippen MR) is 113 cm³/mol. The van der Waals surface area contributed by atoms with E-state index in [-0.39, 0.29) is 55.1 Å². The smallest absolute Gasteiger partial charge is 0.410 e. The number of hydrogen-bond acceptors (Lipinski definition) is 4. The number of halogens is 2. The Morgan fingerprint density at radius 2 is 2.03 bits per heavy atom. The molecule has 5 nitrogen and oxygen atoms in total. The van der Waals surface area contributed by atoms with Crippen LogP contribution in [0.5, 0.6) is 0 Å². The number of aliphatic hydroxyl groups excluding tert-OH is 1. The first-order valence-electron chi connectivity index (χ1n) is 9.73. The van der Waals surface area contributed by atoms with Crippen LogP contribution < -0.4 is 0 Å². The molecule has 1 fully saturated rings. The zero-order valence-corrected chi connectivity index (χ0v) is 18.1. The van der Waals surface area contributed by atoms with Gasteiger partial charge in [-0.15, -0.1) is 13.2 Å². The minimum absolute atomic E-state index is 0.0902. The summed E-state index contributed by atoms with van der Waals surface area (Å²) >= 11 is 6.40. The van der Waals surface area contributed by atoms with Crippen molar-refractivity contribution < 1.29 is 19.0 Å². The van der Waals surface area contributed by atoms with Gasteiger partial charge in [0.25, 0.3) is 0 Å². The molecule has 1 aliphatic rings.